The molecule has 6 bridgehead atoms. The molecule has 7 atom stereocenters. The van der Waals surface area contributed by atoms with E-state index in [9.17, 15) is 14.4 Å². The van der Waals surface area contributed by atoms with Crippen molar-refractivity contribution in [1.82, 2.24) is 30.3 Å². The number of aromatic nitrogens is 3. The Bertz CT molecular complexity index is 2160. The van der Waals surface area contributed by atoms with Crippen LogP contribution >= 0.6 is 11.3 Å². The first kappa shape index (κ1) is 42.9. The van der Waals surface area contributed by atoms with E-state index in [2.05, 4.69) is 53.4 Å². The molecule has 1 saturated heterocycles. The molecule has 13 nitrogen and oxygen atoms in total. The number of hydrogen-bond donors (Lipinski definition) is 2. The number of ether oxygens (including phenoxy) is 4. The van der Waals surface area contributed by atoms with Crippen LogP contribution in [0.25, 0.3) is 33.4 Å². The van der Waals surface area contributed by atoms with Gasteiger partial charge in [-0.05, 0) is 88.6 Å². The number of thiazole rings is 1. The van der Waals surface area contributed by atoms with Crippen molar-refractivity contribution in [2.24, 2.45) is 23.2 Å². The zero-order valence-electron chi connectivity index (χ0n) is 35.9. The highest BCUT2D eigenvalue weighted by Gasteiger charge is 2.50. The second kappa shape index (κ2) is 17.8. The lowest BCUT2D eigenvalue weighted by molar-refractivity contribution is -0.156. The lowest BCUT2D eigenvalue weighted by Crippen LogP contribution is -2.61. The molecular weight excluding hydrogens is 769 g/mol. The van der Waals surface area contributed by atoms with Crippen LogP contribution in [0.2, 0.25) is 0 Å². The number of carbonyl (C=O) groups is 3. The van der Waals surface area contributed by atoms with Crippen molar-refractivity contribution in [2.75, 3.05) is 33.5 Å². The maximum Gasteiger partial charge on any atom is 0.324 e. The Labute approximate surface area is 351 Å². The van der Waals surface area contributed by atoms with Crippen molar-refractivity contribution in [3.8, 4) is 22.5 Å². The summed E-state index contributed by atoms with van der Waals surface area (Å²) < 4.78 is 26.8. The third-order valence-corrected chi connectivity index (χ3v) is 13.1. The van der Waals surface area contributed by atoms with Gasteiger partial charge in [-0.15, -0.1) is 11.3 Å². The van der Waals surface area contributed by atoms with E-state index in [1.165, 1.54) is 16.3 Å². The lowest BCUT2D eigenvalue weighted by atomic mass is 9.84. The zero-order chi connectivity index (χ0) is 42.2. The average Bonchev–Trinajstić information content (AvgIpc) is 3.50. The summed E-state index contributed by atoms with van der Waals surface area (Å²) in [5.41, 5.74) is 9.21. The van der Waals surface area contributed by atoms with Gasteiger partial charge >= 0.3 is 5.97 Å². The van der Waals surface area contributed by atoms with Crippen LogP contribution in [0, 0.1) is 23.2 Å². The van der Waals surface area contributed by atoms with Crippen molar-refractivity contribution in [1.29, 1.82) is 0 Å². The molecule has 318 valence electrons. The number of hydrogen-bond acceptors (Lipinski definition) is 11. The van der Waals surface area contributed by atoms with Crippen LogP contribution in [0.4, 0.5) is 0 Å². The first-order valence-corrected chi connectivity index (χ1v) is 22.0. The summed E-state index contributed by atoms with van der Waals surface area (Å²) in [4.78, 5) is 52.1. The van der Waals surface area contributed by atoms with Gasteiger partial charge in [0.1, 0.15) is 23.2 Å². The Morgan fingerprint density at radius 2 is 1.93 bits per heavy atom. The number of benzene rings is 1. The minimum Gasteiger partial charge on any atom is -0.464 e. The zero-order valence-corrected chi connectivity index (χ0v) is 36.7. The fourth-order valence-electron chi connectivity index (χ4n) is 8.61. The number of rotatable bonds is 11. The number of fused-ring (bicyclic) bond motifs is 6. The van der Waals surface area contributed by atoms with E-state index in [1.54, 1.807) is 13.3 Å². The number of amides is 2. The Morgan fingerprint density at radius 3 is 2.64 bits per heavy atom. The van der Waals surface area contributed by atoms with Crippen molar-refractivity contribution in [2.45, 2.75) is 112 Å². The Morgan fingerprint density at radius 1 is 1.15 bits per heavy atom. The van der Waals surface area contributed by atoms with Gasteiger partial charge < -0.3 is 28.8 Å². The predicted molar refractivity (Wildman–Crippen MR) is 227 cm³/mol. The van der Waals surface area contributed by atoms with E-state index >= 15 is 0 Å². The third kappa shape index (κ3) is 8.97. The summed E-state index contributed by atoms with van der Waals surface area (Å²) in [6.07, 6.45) is 2.37. The third-order valence-electron chi connectivity index (χ3n) is 12.2. The molecule has 5 heterocycles. The lowest BCUT2D eigenvalue weighted by Gasteiger charge is -2.37. The number of esters is 1. The van der Waals surface area contributed by atoms with E-state index < -0.39 is 29.6 Å². The number of nitrogens with one attached hydrogen (secondary N) is 2. The smallest absolute Gasteiger partial charge is 0.324 e. The van der Waals surface area contributed by atoms with Gasteiger partial charge in [-0.2, -0.15) is 0 Å². The van der Waals surface area contributed by atoms with Crippen LogP contribution in [0.1, 0.15) is 96.7 Å². The van der Waals surface area contributed by atoms with Gasteiger partial charge in [0.2, 0.25) is 5.91 Å². The van der Waals surface area contributed by atoms with Gasteiger partial charge in [-0.1, -0.05) is 33.8 Å². The van der Waals surface area contributed by atoms with Crippen LogP contribution < -0.4 is 10.7 Å². The summed E-state index contributed by atoms with van der Waals surface area (Å²) in [6, 6.07) is 8.64. The van der Waals surface area contributed by atoms with Gasteiger partial charge in [0.15, 0.2) is 0 Å². The Balaban J connectivity index is 1.41. The fourth-order valence-corrected chi connectivity index (χ4v) is 9.52. The van der Waals surface area contributed by atoms with Crippen molar-refractivity contribution in [3.05, 3.63) is 58.2 Å². The molecule has 3 aromatic heterocycles. The molecule has 1 aromatic carbocycles. The summed E-state index contributed by atoms with van der Waals surface area (Å²) in [5, 5.41) is 8.14. The van der Waals surface area contributed by atoms with Crippen LogP contribution in [0.15, 0.2) is 41.9 Å². The molecule has 7 rings (SSSR count). The molecule has 3 aliphatic rings. The molecular formula is C45H60N6O7S. The number of carbonyl (C=O) groups excluding carboxylic acids is 3. The number of nitrogens with zero attached hydrogens (tertiary/aromatic N) is 4. The maximum absolute atomic E-state index is 14.6. The SMILES string of the molecule is CCO[C@@H]1c2nc(cs2)-c2ccc3c(c2)c(c(-c2cccnc2[C@H](C)OC)n3CCOC(C)C)CC(C)(C)COC(=O)[C@@H]2CCCN(N2)C(=O)[C@H]1NC(=O)[C@H]1[C@H](C)[C@@H]1C. The molecule has 14 heteroatoms. The van der Waals surface area contributed by atoms with Crippen molar-refractivity contribution in [3.63, 3.8) is 0 Å². The molecule has 2 fully saturated rings. The standard InChI is InChI=1S/C45H60N6O7S/c1-10-56-40-38(48-41(52)36-26(4)27(36)5)43(53)51-18-12-14-33(49-51)44(54)58-24-45(7,8)22-32-31-21-29(34-23-59-42(40)47-34)15-16-35(31)50(19-20-57-25(2)3)39(32)30-13-11-17-46-37(30)28(6)55-9/h11,13,15-17,21,23,25-28,33,36,38,40,49H,10,12,14,18-20,22,24H2,1-9H3,(H,48,52)/t26-,27+,28-,33-,36+,38-,40-/m0/s1. The van der Waals surface area contributed by atoms with Gasteiger partial charge in [-0.3, -0.25) is 24.4 Å². The second-order valence-electron chi connectivity index (χ2n) is 17.4. The highest BCUT2D eigenvalue weighted by molar-refractivity contribution is 7.10. The summed E-state index contributed by atoms with van der Waals surface area (Å²) >= 11 is 1.40. The Kier molecular flexibility index (Phi) is 12.9. The largest absolute Gasteiger partial charge is 0.464 e. The summed E-state index contributed by atoms with van der Waals surface area (Å²) in [7, 11) is 1.69. The minimum atomic E-state index is -1.08. The summed E-state index contributed by atoms with van der Waals surface area (Å²) in [5.74, 6) is -0.764. The first-order valence-electron chi connectivity index (χ1n) is 21.1. The fraction of sp³-hybridized carbons (Fsp3) is 0.578. The molecule has 2 amide bonds. The van der Waals surface area contributed by atoms with Gasteiger partial charge in [0.05, 0.1) is 42.5 Å². The minimum absolute atomic E-state index is 0.0626. The molecule has 59 heavy (non-hydrogen) atoms. The highest BCUT2D eigenvalue weighted by atomic mass is 32.1. The van der Waals surface area contributed by atoms with Gasteiger partial charge in [-0.25, -0.2) is 10.4 Å². The summed E-state index contributed by atoms with van der Waals surface area (Å²) in [6.45, 7) is 18.1. The van der Waals surface area contributed by atoms with E-state index in [1.807, 2.05) is 53.0 Å². The average molecular weight is 829 g/mol. The number of methoxy groups -OCH3 is 1. The number of cyclic esters (lactones) is 1. The molecule has 0 radical (unpaired) electrons. The number of pyridine rings is 1. The highest BCUT2D eigenvalue weighted by Crippen LogP contribution is 2.46. The quantitative estimate of drug-likeness (QED) is 0.151. The monoisotopic (exact) mass is 828 g/mol. The molecule has 0 spiro atoms. The van der Waals surface area contributed by atoms with Gasteiger partial charge in [0.25, 0.3) is 5.91 Å². The maximum atomic E-state index is 14.6. The van der Waals surface area contributed by atoms with Crippen molar-refractivity contribution < 1.29 is 33.3 Å². The Hall–Kier alpha value is -4.21. The normalized spacial score (nSPS) is 25.2. The molecule has 2 N–H and O–H groups in total. The number of hydrazine groups is 1. The van der Waals surface area contributed by atoms with Crippen LogP contribution in [0.5, 0.6) is 0 Å². The van der Waals surface area contributed by atoms with Crippen molar-refractivity contribution >= 4 is 40.0 Å². The van der Waals surface area contributed by atoms with Crippen LogP contribution in [0.3, 0.4) is 0 Å². The van der Waals surface area contributed by atoms with Crippen LogP contribution in [-0.4, -0.2) is 89.0 Å². The second-order valence-corrected chi connectivity index (χ2v) is 18.3. The molecule has 2 aliphatic heterocycles. The molecule has 4 aromatic rings. The van der Waals surface area contributed by atoms with E-state index in [4.69, 9.17) is 28.9 Å². The van der Waals surface area contributed by atoms with E-state index in [0.29, 0.717) is 44.0 Å². The molecule has 1 aliphatic carbocycles. The molecule has 0 unspecified atom stereocenters. The topological polar surface area (TPSA) is 146 Å². The first-order chi connectivity index (χ1) is 28.2. The molecule has 1 saturated carbocycles. The van der Waals surface area contributed by atoms with E-state index in [-0.39, 0.29) is 55.0 Å². The predicted octanol–water partition coefficient (Wildman–Crippen LogP) is 7.04. The van der Waals surface area contributed by atoms with Gasteiger partial charge in [0, 0.05) is 71.7 Å². The van der Waals surface area contributed by atoms with Crippen LogP contribution in [-0.2, 0) is 46.3 Å². The van der Waals surface area contributed by atoms with E-state index in [0.717, 1.165) is 44.7 Å².